The molecule has 0 unspecified atom stereocenters. The monoisotopic (exact) mass is 459 g/mol. The summed E-state index contributed by atoms with van der Waals surface area (Å²) in [6.07, 6.45) is -5.00. The van der Waals surface area contributed by atoms with Crippen molar-refractivity contribution < 1.29 is 13.2 Å². The molecule has 1 aromatic rings. The zero-order valence-corrected chi connectivity index (χ0v) is 15.7. The van der Waals surface area contributed by atoms with Crippen molar-refractivity contribution in [2.24, 2.45) is 9.98 Å². The molecule has 0 saturated carbocycles. The predicted molar refractivity (Wildman–Crippen MR) is 92.8 cm³/mol. The Morgan fingerprint density at radius 3 is 1.54 bits per heavy atom. The Kier molecular flexibility index (Phi) is 5.52. The minimum atomic E-state index is -5.00. The average molecular weight is 462 g/mol. The van der Waals surface area contributed by atoms with Crippen molar-refractivity contribution in [3.05, 3.63) is 35.9 Å². The van der Waals surface area contributed by atoms with Crippen molar-refractivity contribution >= 4 is 81.3 Å². The summed E-state index contributed by atoms with van der Waals surface area (Å²) in [7, 11) is 0. The van der Waals surface area contributed by atoms with Crippen molar-refractivity contribution in [3.8, 4) is 0 Å². The van der Waals surface area contributed by atoms with Crippen LogP contribution in [0.3, 0.4) is 0 Å². The van der Waals surface area contributed by atoms with Gasteiger partial charge in [0.15, 0.2) is 11.7 Å². The molecule has 0 amide bonds. The van der Waals surface area contributed by atoms with Crippen LogP contribution >= 0.6 is 69.6 Å². The van der Waals surface area contributed by atoms with E-state index in [0.717, 1.165) is 12.1 Å². The van der Waals surface area contributed by atoms with Gasteiger partial charge in [-0.2, -0.15) is 13.2 Å². The van der Waals surface area contributed by atoms with Crippen LogP contribution in [0.2, 0.25) is 0 Å². The van der Waals surface area contributed by atoms with Crippen LogP contribution in [-0.4, -0.2) is 25.4 Å². The van der Waals surface area contributed by atoms with E-state index in [1.165, 1.54) is 18.2 Å². The highest BCUT2D eigenvalue weighted by Gasteiger charge is 2.60. The molecule has 0 radical (unpaired) electrons. The fraction of sp³-hybridized carbons (Fsp3) is 0.333. The summed E-state index contributed by atoms with van der Waals surface area (Å²) in [5.41, 5.74) is -3.46. The first-order valence-corrected chi connectivity index (χ1v) is 8.27. The maximum atomic E-state index is 13.9. The Hall–Kier alpha value is -0.110. The van der Waals surface area contributed by atoms with Crippen LogP contribution < -0.4 is 5.32 Å². The van der Waals surface area contributed by atoms with E-state index in [0.29, 0.717) is 0 Å². The largest absolute Gasteiger partial charge is 0.438 e. The number of nitrogens with one attached hydrogen (secondary N) is 1. The third-order valence-electron chi connectivity index (χ3n) is 2.89. The zero-order chi connectivity index (χ0) is 18.4. The standard InChI is InChI=1S/C12H6Cl6F3N3/c13-10(14,15)7-22-8(11(16,17)18)24-9(23-7,12(19,20)21)6-4-2-1-3-5-6/h1-5H,(H,22,23,24). The number of rotatable bonds is 1. The Morgan fingerprint density at radius 1 is 0.792 bits per heavy atom. The molecule has 0 saturated heterocycles. The van der Waals surface area contributed by atoms with E-state index in [9.17, 15) is 13.2 Å². The van der Waals surface area contributed by atoms with Crippen molar-refractivity contribution in [2.75, 3.05) is 0 Å². The Labute approximate surface area is 164 Å². The first-order valence-electron chi connectivity index (χ1n) is 6.01. The minimum absolute atomic E-state index is 0.336. The van der Waals surface area contributed by atoms with Gasteiger partial charge in [0.25, 0.3) is 5.66 Å². The van der Waals surface area contributed by atoms with Crippen molar-refractivity contribution in [1.29, 1.82) is 0 Å². The number of halogens is 9. The lowest BCUT2D eigenvalue weighted by Gasteiger charge is -2.36. The fourth-order valence-corrected chi connectivity index (χ4v) is 2.41. The van der Waals surface area contributed by atoms with Crippen molar-refractivity contribution in [1.82, 2.24) is 5.32 Å². The van der Waals surface area contributed by atoms with E-state index in [2.05, 4.69) is 15.3 Å². The predicted octanol–water partition coefficient (Wildman–Crippen LogP) is 5.54. The lowest BCUT2D eigenvalue weighted by molar-refractivity contribution is -0.186. The second-order valence-corrected chi connectivity index (χ2v) is 9.14. The molecule has 0 bridgehead atoms. The van der Waals surface area contributed by atoms with Gasteiger partial charge in [0.2, 0.25) is 7.59 Å². The van der Waals surface area contributed by atoms with Crippen molar-refractivity contribution in [2.45, 2.75) is 19.4 Å². The molecular formula is C12H6Cl6F3N3. The number of alkyl halides is 9. The van der Waals surface area contributed by atoms with Crippen LogP contribution in [0.25, 0.3) is 0 Å². The highest BCUT2D eigenvalue weighted by atomic mass is 35.6. The normalized spacial score (nSPS) is 18.5. The van der Waals surface area contributed by atoms with Gasteiger partial charge in [-0.05, 0) is 0 Å². The molecule has 0 aromatic heterocycles. The van der Waals surface area contributed by atoms with E-state index in [-0.39, 0.29) is 5.56 Å². The van der Waals surface area contributed by atoms with E-state index in [1.807, 2.05) is 0 Å². The second kappa shape index (κ2) is 6.56. The van der Waals surface area contributed by atoms with Gasteiger partial charge in [-0.25, -0.2) is 9.98 Å². The Morgan fingerprint density at radius 2 is 1.21 bits per heavy atom. The molecule has 132 valence electrons. The molecule has 1 heterocycles. The quantitative estimate of drug-likeness (QED) is 0.547. The van der Waals surface area contributed by atoms with Gasteiger partial charge in [0.1, 0.15) is 0 Å². The smallest absolute Gasteiger partial charge is 0.325 e. The summed E-state index contributed by atoms with van der Waals surface area (Å²) < 4.78 is 37.1. The summed E-state index contributed by atoms with van der Waals surface area (Å²) in [6, 6.07) is 6.60. The number of nitrogens with zero attached hydrogens (tertiary/aromatic N) is 2. The van der Waals surface area contributed by atoms with E-state index >= 15 is 0 Å². The third kappa shape index (κ3) is 4.00. The first kappa shape index (κ1) is 20.2. The Bertz CT molecular complexity index is 646. The van der Waals surface area contributed by atoms with Gasteiger partial charge in [-0.3, -0.25) is 0 Å². The Balaban J connectivity index is 2.81. The summed E-state index contributed by atoms with van der Waals surface area (Å²) in [5.74, 6) is -1.35. The molecule has 3 nitrogen and oxygen atoms in total. The van der Waals surface area contributed by atoms with Gasteiger partial charge in [0.05, 0.1) is 0 Å². The molecule has 24 heavy (non-hydrogen) atoms. The zero-order valence-electron chi connectivity index (χ0n) is 11.2. The van der Waals surface area contributed by atoms with Crippen LogP contribution in [0.15, 0.2) is 40.3 Å². The van der Waals surface area contributed by atoms with Crippen LogP contribution in [0.5, 0.6) is 0 Å². The summed E-state index contributed by atoms with van der Waals surface area (Å²) >= 11 is 34.1. The molecular weight excluding hydrogens is 456 g/mol. The molecule has 0 aliphatic carbocycles. The highest BCUT2D eigenvalue weighted by Crippen LogP contribution is 2.47. The van der Waals surface area contributed by atoms with Gasteiger partial charge in [0, 0.05) is 5.56 Å². The number of amidine groups is 2. The lowest BCUT2D eigenvalue weighted by Crippen LogP contribution is -2.54. The number of hydrogen-bond acceptors (Lipinski definition) is 3. The molecule has 1 aliphatic heterocycles. The van der Waals surface area contributed by atoms with Gasteiger partial charge in [-0.1, -0.05) is 99.9 Å². The van der Waals surface area contributed by atoms with Crippen LogP contribution in [0.4, 0.5) is 13.2 Å². The maximum absolute atomic E-state index is 13.9. The molecule has 1 aromatic carbocycles. The van der Waals surface area contributed by atoms with Gasteiger partial charge < -0.3 is 5.32 Å². The van der Waals surface area contributed by atoms with Crippen LogP contribution in [-0.2, 0) is 5.66 Å². The molecule has 0 fully saturated rings. The maximum Gasteiger partial charge on any atom is 0.438 e. The molecule has 1 N–H and O–H groups in total. The molecule has 0 spiro atoms. The minimum Gasteiger partial charge on any atom is -0.325 e. The van der Waals surface area contributed by atoms with Crippen molar-refractivity contribution in [3.63, 3.8) is 0 Å². The molecule has 1 aliphatic rings. The van der Waals surface area contributed by atoms with E-state index < -0.39 is 31.1 Å². The summed E-state index contributed by atoms with van der Waals surface area (Å²) in [5, 5.41) is 2.24. The number of aliphatic imine (C=N–C) groups is 2. The summed E-state index contributed by atoms with van der Waals surface area (Å²) in [4.78, 5) is 7.02. The molecule has 2 rings (SSSR count). The summed E-state index contributed by atoms with van der Waals surface area (Å²) in [6.45, 7) is 0. The van der Waals surface area contributed by atoms with E-state index in [4.69, 9.17) is 69.6 Å². The van der Waals surface area contributed by atoms with Crippen LogP contribution in [0, 0.1) is 0 Å². The van der Waals surface area contributed by atoms with E-state index in [1.54, 1.807) is 0 Å². The molecule has 0 atom stereocenters. The second-order valence-electron chi connectivity index (χ2n) is 4.58. The van der Waals surface area contributed by atoms with Crippen LogP contribution in [0.1, 0.15) is 5.56 Å². The van der Waals surface area contributed by atoms with Gasteiger partial charge >= 0.3 is 6.18 Å². The third-order valence-corrected chi connectivity index (χ3v) is 3.97. The number of benzene rings is 1. The van der Waals surface area contributed by atoms with Gasteiger partial charge in [-0.15, -0.1) is 0 Å². The first-order chi connectivity index (χ1) is 10.8. The topological polar surface area (TPSA) is 36.8 Å². The number of hydrogen-bond donors (Lipinski definition) is 1. The average Bonchev–Trinajstić information content (AvgIpc) is 2.44. The fourth-order valence-electron chi connectivity index (χ4n) is 1.88. The lowest BCUT2D eigenvalue weighted by atomic mass is 9.99. The highest BCUT2D eigenvalue weighted by molar-refractivity contribution is 6.79. The SMILES string of the molecule is FC(F)(F)C1(c2ccccc2)N=C(C(Cl)(Cl)Cl)NC(C(Cl)(Cl)Cl)=N1. The molecule has 12 heteroatoms.